The number of hydrogen-bond donors (Lipinski definition) is 1. The summed E-state index contributed by atoms with van der Waals surface area (Å²) in [6, 6.07) is 12.6. The van der Waals surface area contributed by atoms with Gasteiger partial charge in [-0.3, -0.25) is 4.79 Å². The van der Waals surface area contributed by atoms with Crippen LogP contribution in [0.3, 0.4) is 0 Å². The molecular formula is C23H29N3O4S. The molecule has 2 aromatic carbocycles. The van der Waals surface area contributed by atoms with E-state index in [0.717, 1.165) is 18.8 Å². The van der Waals surface area contributed by atoms with Gasteiger partial charge in [0.1, 0.15) is 0 Å². The summed E-state index contributed by atoms with van der Waals surface area (Å²) in [5.41, 5.74) is 2.78. The molecular weight excluding hydrogens is 414 g/mol. The number of nitrogens with zero attached hydrogens (tertiary/aromatic N) is 2. The van der Waals surface area contributed by atoms with Gasteiger partial charge < -0.3 is 15.0 Å². The van der Waals surface area contributed by atoms with Crippen LogP contribution in [-0.4, -0.2) is 58.0 Å². The number of amides is 1. The van der Waals surface area contributed by atoms with Gasteiger partial charge in [0.25, 0.3) is 5.91 Å². The number of morpholine rings is 1. The molecule has 1 amide bonds. The van der Waals surface area contributed by atoms with Crippen LogP contribution in [0.5, 0.6) is 0 Å². The Hall–Kier alpha value is -2.42. The van der Waals surface area contributed by atoms with Crippen LogP contribution in [0.25, 0.3) is 0 Å². The lowest BCUT2D eigenvalue weighted by Gasteiger charge is -2.28. The van der Waals surface area contributed by atoms with Gasteiger partial charge in [0.2, 0.25) is 10.0 Å². The van der Waals surface area contributed by atoms with E-state index in [4.69, 9.17) is 4.74 Å². The Morgan fingerprint density at radius 1 is 0.935 bits per heavy atom. The number of aryl methyl sites for hydroxylation is 1. The zero-order chi connectivity index (χ0) is 21.8. The Morgan fingerprint density at radius 3 is 2.29 bits per heavy atom. The van der Waals surface area contributed by atoms with Crippen LogP contribution in [0, 0.1) is 6.92 Å². The van der Waals surface area contributed by atoms with Gasteiger partial charge >= 0.3 is 0 Å². The third-order valence-electron chi connectivity index (χ3n) is 5.88. The minimum Gasteiger partial charge on any atom is -0.379 e. The van der Waals surface area contributed by atoms with Gasteiger partial charge in [-0.1, -0.05) is 6.07 Å². The Morgan fingerprint density at radius 2 is 1.61 bits per heavy atom. The monoisotopic (exact) mass is 443 g/mol. The first-order valence-electron chi connectivity index (χ1n) is 10.8. The van der Waals surface area contributed by atoms with E-state index in [0.29, 0.717) is 43.1 Å². The molecule has 0 radical (unpaired) electrons. The molecule has 2 saturated heterocycles. The lowest BCUT2D eigenvalue weighted by Crippen LogP contribution is -2.40. The van der Waals surface area contributed by atoms with Crippen molar-refractivity contribution < 1.29 is 17.9 Å². The minimum atomic E-state index is -3.67. The van der Waals surface area contributed by atoms with Crippen LogP contribution in [0.15, 0.2) is 47.4 Å². The largest absolute Gasteiger partial charge is 0.379 e. The zero-order valence-corrected chi connectivity index (χ0v) is 18.7. The normalized spacial score (nSPS) is 18.0. The summed E-state index contributed by atoms with van der Waals surface area (Å²) >= 11 is 0. The highest BCUT2D eigenvalue weighted by atomic mass is 32.2. The average Bonchev–Trinajstić information content (AvgIpc) is 2.81. The lowest BCUT2D eigenvalue weighted by molar-refractivity contribution is 0.0730. The van der Waals surface area contributed by atoms with Crippen LogP contribution in [0.1, 0.15) is 35.2 Å². The molecule has 8 heteroatoms. The van der Waals surface area contributed by atoms with Gasteiger partial charge in [-0.15, -0.1) is 0 Å². The first-order chi connectivity index (χ1) is 14.9. The molecule has 0 aliphatic carbocycles. The fraction of sp³-hybridized carbons (Fsp3) is 0.435. The van der Waals surface area contributed by atoms with Crippen molar-refractivity contribution in [2.75, 3.05) is 49.6 Å². The summed E-state index contributed by atoms with van der Waals surface area (Å²) < 4.78 is 32.8. The first-order valence-corrected chi connectivity index (χ1v) is 12.2. The third-order valence-corrected chi connectivity index (χ3v) is 7.93. The molecule has 0 aromatic heterocycles. The Bertz CT molecular complexity index is 1030. The van der Waals surface area contributed by atoms with Crippen molar-refractivity contribution >= 4 is 27.3 Å². The van der Waals surface area contributed by atoms with Gasteiger partial charge in [-0.2, -0.15) is 4.31 Å². The molecule has 2 heterocycles. The Balaban J connectivity index is 1.49. The molecule has 4 rings (SSSR count). The van der Waals surface area contributed by atoms with Gasteiger partial charge in [0.05, 0.1) is 18.1 Å². The predicted octanol–water partition coefficient (Wildman–Crippen LogP) is 3.26. The number of carbonyl (C=O) groups excluding carboxylic acids is 1. The van der Waals surface area contributed by atoms with Crippen molar-refractivity contribution in [3.63, 3.8) is 0 Å². The number of piperidine rings is 1. The summed E-state index contributed by atoms with van der Waals surface area (Å²) in [6.07, 6.45) is 3.70. The maximum atomic E-state index is 13.1. The molecule has 31 heavy (non-hydrogen) atoms. The van der Waals surface area contributed by atoms with Crippen molar-refractivity contribution in [1.82, 2.24) is 4.31 Å². The molecule has 166 valence electrons. The number of benzene rings is 2. The summed E-state index contributed by atoms with van der Waals surface area (Å²) in [5, 5.41) is 2.88. The van der Waals surface area contributed by atoms with Gasteiger partial charge in [-0.25, -0.2) is 8.42 Å². The van der Waals surface area contributed by atoms with E-state index in [9.17, 15) is 13.2 Å². The van der Waals surface area contributed by atoms with E-state index in [2.05, 4.69) is 10.2 Å². The molecule has 0 bridgehead atoms. The maximum Gasteiger partial charge on any atom is 0.255 e. The summed E-state index contributed by atoms with van der Waals surface area (Å²) in [5.74, 6) is -0.329. The summed E-state index contributed by atoms with van der Waals surface area (Å²) in [4.78, 5) is 15.3. The first kappa shape index (κ1) is 21.8. The number of sulfonamides is 1. The molecule has 2 aromatic rings. The molecule has 1 N–H and O–H groups in total. The smallest absolute Gasteiger partial charge is 0.255 e. The second-order valence-corrected chi connectivity index (χ2v) is 9.95. The van der Waals surface area contributed by atoms with Crippen LogP contribution < -0.4 is 10.2 Å². The summed E-state index contributed by atoms with van der Waals surface area (Å²) in [7, 11) is -3.67. The maximum absolute atomic E-state index is 13.1. The average molecular weight is 444 g/mol. The van der Waals surface area contributed by atoms with E-state index in [1.807, 2.05) is 24.3 Å². The van der Waals surface area contributed by atoms with Crippen LogP contribution >= 0.6 is 0 Å². The van der Waals surface area contributed by atoms with Crippen molar-refractivity contribution in [2.45, 2.75) is 31.1 Å². The van der Waals surface area contributed by atoms with E-state index in [1.165, 1.54) is 29.6 Å². The Kier molecular flexibility index (Phi) is 6.60. The van der Waals surface area contributed by atoms with Crippen LogP contribution in [0.4, 0.5) is 11.4 Å². The zero-order valence-electron chi connectivity index (χ0n) is 17.8. The molecule has 0 spiro atoms. The van der Waals surface area contributed by atoms with E-state index < -0.39 is 10.0 Å². The molecule has 7 nitrogen and oxygen atoms in total. The fourth-order valence-corrected chi connectivity index (χ4v) is 5.72. The second-order valence-electron chi connectivity index (χ2n) is 8.05. The number of carbonyl (C=O) groups is 1. The molecule has 0 saturated carbocycles. The highest BCUT2D eigenvalue weighted by Gasteiger charge is 2.28. The van der Waals surface area contributed by atoms with E-state index in [-0.39, 0.29) is 10.8 Å². The van der Waals surface area contributed by atoms with Gasteiger partial charge in [0, 0.05) is 43.1 Å². The second kappa shape index (κ2) is 9.38. The standard InChI is InChI=1S/C23H29N3O4S/c1-18-5-6-19(17-22(18)31(28,29)26-13-15-30-16-14-26)23(27)24-20-7-9-21(10-8-20)25-11-3-2-4-12-25/h5-10,17H,2-4,11-16H2,1H3,(H,24,27). The highest BCUT2D eigenvalue weighted by molar-refractivity contribution is 7.89. The SMILES string of the molecule is Cc1ccc(C(=O)Nc2ccc(N3CCCCC3)cc2)cc1S(=O)(=O)N1CCOCC1. The van der Waals surface area contributed by atoms with Gasteiger partial charge in [-0.05, 0) is 68.1 Å². The highest BCUT2D eigenvalue weighted by Crippen LogP contribution is 2.24. The summed E-state index contributed by atoms with van der Waals surface area (Å²) in [6.45, 7) is 5.28. The third kappa shape index (κ3) is 4.92. The topological polar surface area (TPSA) is 79.0 Å². The van der Waals surface area contributed by atoms with Crippen molar-refractivity contribution in [3.05, 3.63) is 53.6 Å². The quantitative estimate of drug-likeness (QED) is 0.767. The van der Waals surface area contributed by atoms with Crippen molar-refractivity contribution in [3.8, 4) is 0 Å². The van der Waals surface area contributed by atoms with Crippen molar-refractivity contribution in [2.24, 2.45) is 0 Å². The molecule has 2 aliphatic heterocycles. The number of rotatable bonds is 5. The minimum absolute atomic E-state index is 0.169. The van der Waals surface area contributed by atoms with Gasteiger partial charge in [0.15, 0.2) is 0 Å². The molecule has 2 fully saturated rings. The molecule has 2 aliphatic rings. The fourth-order valence-electron chi connectivity index (χ4n) is 4.06. The Labute approximate surface area is 184 Å². The number of ether oxygens (including phenoxy) is 1. The number of anilines is 2. The van der Waals surface area contributed by atoms with E-state index in [1.54, 1.807) is 19.1 Å². The number of nitrogens with one attached hydrogen (secondary N) is 1. The predicted molar refractivity (Wildman–Crippen MR) is 121 cm³/mol. The van der Waals surface area contributed by atoms with Crippen LogP contribution in [0.2, 0.25) is 0 Å². The molecule has 0 atom stereocenters. The molecule has 0 unspecified atom stereocenters. The van der Waals surface area contributed by atoms with Crippen molar-refractivity contribution in [1.29, 1.82) is 0 Å². The lowest BCUT2D eigenvalue weighted by atomic mass is 10.1. The number of hydrogen-bond acceptors (Lipinski definition) is 5. The van der Waals surface area contributed by atoms with E-state index >= 15 is 0 Å². The van der Waals surface area contributed by atoms with Crippen LogP contribution in [-0.2, 0) is 14.8 Å².